The van der Waals surface area contributed by atoms with Crippen molar-refractivity contribution in [3.63, 3.8) is 0 Å². The van der Waals surface area contributed by atoms with E-state index in [4.69, 9.17) is 5.73 Å². The summed E-state index contributed by atoms with van der Waals surface area (Å²) in [6, 6.07) is 2.17. The summed E-state index contributed by atoms with van der Waals surface area (Å²) in [4.78, 5) is 6.38. The zero-order valence-electron chi connectivity index (χ0n) is 9.90. The Balaban J connectivity index is 1.88. The van der Waals surface area contributed by atoms with Gasteiger partial charge in [0.15, 0.2) is 11.6 Å². The molecular weight excluding hydrogens is 217 g/mol. The van der Waals surface area contributed by atoms with Crippen LogP contribution in [0.25, 0.3) is 0 Å². The summed E-state index contributed by atoms with van der Waals surface area (Å²) in [5, 5.41) is 0. The van der Waals surface area contributed by atoms with E-state index in [9.17, 15) is 4.39 Å². The Morgan fingerprint density at radius 1 is 1.35 bits per heavy atom. The van der Waals surface area contributed by atoms with Gasteiger partial charge in [0, 0.05) is 30.9 Å². The van der Waals surface area contributed by atoms with Gasteiger partial charge >= 0.3 is 0 Å². The summed E-state index contributed by atoms with van der Waals surface area (Å²) >= 11 is 0. The maximum absolute atomic E-state index is 14.2. The van der Waals surface area contributed by atoms with Crippen molar-refractivity contribution in [1.29, 1.82) is 0 Å². The van der Waals surface area contributed by atoms with Crippen molar-refractivity contribution in [1.82, 2.24) is 4.98 Å². The van der Waals surface area contributed by atoms with Crippen molar-refractivity contribution in [2.45, 2.75) is 38.3 Å². The van der Waals surface area contributed by atoms with Crippen molar-refractivity contribution in [3.05, 3.63) is 23.6 Å². The van der Waals surface area contributed by atoms with Crippen molar-refractivity contribution in [2.24, 2.45) is 11.7 Å². The van der Waals surface area contributed by atoms with Gasteiger partial charge in [-0.2, -0.15) is 0 Å². The Hall–Kier alpha value is -1.16. The molecule has 0 radical (unpaired) electrons. The highest BCUT2D eigenvalue weighted by atomic mass is 19.1. The molecule has 2 saturated carbocycles. The van der Waals surface area contributed by atoms with Gasteiger partial charge in [-0.15, -0.1) is 0 Å². The number of rotatable bonds is 5. The Morgan fingerprint density at radius 3 is 2.71 bits per heavy atom. The van der Waals surface area contributed by atoms with Gasteiger partial charge < -0.3 is 10.6 Å². The third kappa shape index (κ3) is 2.27. The molecule has 0 atom stereocenters. The van der Waals surface area contributed by atoms with E-state index in [1.807, 2.05) is 0 Å². The minimum atomic E-state index is -0.220. The van der Waals surface area contributed by atoms with Crippen molar-refractivity contribution >= 4 is 5.82 Å². The van der Waals surface area contributed by atoms with Gasteiger partial charge in [0.1, 0.15) is 0 Å². The molecule has 2 N–H and O–H groups in total. The topological polar surface area (TPSA) is 42.1 Å². The molecule has 4 heteroatoms. The van der Waals surface area contributed by atoms with Gasteiger partial charge in [-0.25, -0.2) is 9.37 Å². The number of anilines is 1. The molecule has 0 spiro atoms. The number of hydrogen-bond donors (Lipinski definition) is 1. The molecule has 1 heterocycles. The molecule has 2 aliphatic carbocycles. The lowest BCUT2D eigenvalue weighted by molar-refractivity contribution is 0.585. The average molecular weight is 235 g/mol. The van der Waals surface area contributed by atoms with Crippen LogP contribution in [0.1, 0.15) is 31.2 Å². The third-order valence-corrected chi connectivity index (χ3v) is 3.58. The summed E-state index contributed by atoms with van der Waals surface area (Å²) in [7, 11) is 0. The zero-order valence-corrected chi connectivity index (χ0v) is 9.90. The first-order chi connectivity index (χ1) is 8.29. The SMILES string of the molecule is NCc1ccnc(N(CC2CC2)C2CC2)c1F. The van der Waals surface area contributed by atoms with Crippen LogP contribution in [0.5, 0.6) is 0 Å². The predicted octanol–water partition coefficient (Wildman–Crippen LogP) is 2.06. The Morgan fingerprint density at radius 2 is 2.12 bits per heavy atom. The summed E-state index contributed by atoms with van der Waals surface area (Å²) in [5.74, 6) is 1.04. The Kier molecular flexibility index (Phi) is 2.74. The van der Waals surface area contributed by atoms with Gasteiger partial charge in [-0.1, -0.05) is 0 Å². The van der Waals surface area contributed by atoms with Crippen LogP contribution in [0.2, 0.25) is 0 Å². The first-order valence-corrected chi connectivity index (χ1v) is 6.39. The minimum Gasteiger partial charge on any atom is -0.351 e. The fraction of sp³-hybridized carbons (Fsp3) is 0.615. The Labute approximate surface area is 101 Å². The zero-order chi connectivity index (χ0) is 11.8. The van der Waals surface area contributed by atoms with E-state index in [1.54, 1.807) is 12.3 Å². The predicted molar refractivity (Wildman–Crippen MR) is 65.2 cm³/mol. The van der Waals surface area contributed by atoms with E-state index in [1.165, 1.54) is 25.7 Å². The first kappa shape index (κ1) is 11.0. The number of nitrogens with two attached hydrogens (primary N) is 1. The minimum absolute atomic E-state index is 0.220. The van der Waals surface area contributed by atoms with E-state index in [0.717, 1.165) is 12.5 Å². The number of halogens is 1. The third-order valence-electron chi connectivity index (χ3n) is 3.58. The van der Waals surface area contributed by atoms with E-state index in [0.29, 0.717) is 17.4 Å². The average Bonchev–Trinajstić information content (AvgIpc) is 3.19. The molecule has 0 aliphatic heterocycles. The molecule has 0 saturated heterocycles. The van der Waals surface area contributed by atoms with E-state index in [-0.39, 0.29) is 12.4 Å². The standard InChI is InChI=1S/C13H18FN3/c14-12-10(7-15)5-6-16-13(12)17(11-3-4-11)8-9-1-2-9/h5-6,9,11H,1-4,7-8,15H2. The molecule has 0 bridgehead atoms. The van der Waals surface area contributed by atoms with Crippen LogP contribution in [0, 0.1) is 11.7 Å². The second kappa shape index (κ2) is 4.26. The number of pyridine rings is 1. The quantitative estimate of drug-likeness (QED) is 0.849. The molecule has 0 unspecified atom stereocenters. The monoisotopic (exact) mass is 235 g/mol. The summed E-state index contributed by atoms with van der Waals surface area (Å²) in [6.45, 7) is 1.20. The van der Waals surface area contributed by atoms with Crippen LogP contribution >= 0.6 is 0 Å². The van der Waals surface area contributed by atoms with E-state index < -0.39 is 0 Å². The highest BCUT2D eigenvalue weighted by Gasteiger charge is 2.35. The molecule has 3 rings (SSSR count). The maximum atomic E-state index is 14.2. The van der Waals surface area contributed by atoms with Crippen LogP contribution in [0.4, 0.5) is 10.2 Å². The van der Waals surface area contributed by atoms with Gasteiger partial charge in [-0.3, -0.25) is 0 Å². The maximum Gasteiger partial charge on any atom is 0.170 e. The molecule has 17 heavy (non-hydrogen) atoms. The molecule has 1 aromatic heterocycles. The highest BCUT2D eigenvalue weighted by molar-refractivity contribution is 5.45. The normalized spacial score (nSPS) is 19.4. The lowest BCUT2D eigenvalue weighted by atomic mass is 10.2. The molecule has 0 amide bonds. The summed E-state index contributed by atoms with van der Waals surface area (Å²) in [5.41, 5.74) is 6.10. The Bertz CT molecular complexity index is 413. The van der Waals surface area contributed by atoms with Gasteiger partial charge in [-0.05, 0) is 37.7 Å². The van der Waals surface area contributed by atoms with Gasteiger partial charge in [0.25, 0.3) is 0 Å². The van der Waals surface area contributed by atoms with E-state index in [2.05, 4.69) is 9.88 Å². The molecule has 1 aromatic rings. The summed E-state index contributed by atoms with van der Waals surface area (Å²) < 4.78 is 14.2. The smallest absolute Gasteiger partial charge is 0.170 e. The van der Waals surface area contributed by atoms with Gasteiger partial charge in [0.2, 0.25) is 0 Å². The molecule has 2 aliphatic rings. The second-order valence-electron chi connectivity index (χ2n) is 5.14. The fourth-order valence-electron chi connectivity index (χ4n) is 2.20. The lowest BCUT2D eigenvalue weighted by Gasteiger charge is -2.24. The van der Waals surface area contributed by atoms with Crippen LogP contribution in [-0.2, 0) is 6.54 Å². The first-order valence-electron chi connectivity index (χ1n) is 6.39. The largest absolute Gasteiger partial charge is 0.351 e. The van der Waals surface area contributed by atoms with E-state index >= 15 is 0 Å². The molecule has 92 valence electrons. The molecule has 0 aromatic carbocycles. The van der Waals surface area contributed by atoms with Crippen LogP contribution in [0.3, 0.4) is 0 Å². The highest BCUT2D eigenvalue weighted by Crippen LogP contribution is 2.38. The number of hydrogen-bond acceptors (Lipinski definition) is 3. The van der Waals surface area contributed by atoms with Crippen LogP contribution in [0.15, 0.2) is 12.3 Å². The molecular formula is C13H18FN3. The molecule has 2 fully saturated rings. The second-order valence-corrected chi connectivity index (χ2v) is 5.14. The van der Waals surface area contributed by atoms with Crippen LogP contribution < -0.4 is 10.6 Å². The van der Waals surface area contributed by atoms with Crippen molar-refractivity contribution in [2.75, 3.05) is 11.4 Å². The summed E-state index contributed by atoms with van der Waals surface area (Å²) in [6.07, 6.45) is 6.56. The van der Waals surface area contributed by atoms with Crippen molar-refractivity contribution in [3.8, 4) is 0 Å². The van der Waals surface area contributed by atoms with Crippen molar-refractivity contribution < 1.29 is 4.39 Å². The fourth-order valence-corrected chi connectivity index (χ4v) is 2.20. The number of aromatic nitrogens is 1. The molecule has 3 nitrogen and oxygen atoms in total. The number of nitrogens with zero attached hydrogens (tertiary/aromatic N) is 2. The van der Waals surface area contributed by atoms with Gasteiger partial charge in [0.05, 0.1) is 0 Å². The van der Waals surface area contributed by atoms with Crippen LogP contribution in [-0.4, -0.2) is 17.6 Å². The lowest BCUT2D eigenvalue weighted by Crippen LogP contribution is -2.30.